The maximum absolute atomic E-state index is 12.8. The fraction of sp³-hybridized carbons (Fsp3) is 0.462. The molecule has 0 radical (unpaired) electrons. The van der Waals surface area contributed by atoms with Crippen LogP contribution in [0.15, 0.2) is 24.3 Å². The second-order valence-corrected chi connectivity index (χ2v) is 4.43. The summed E-state index contributed by atoms with van der Waals surface area (Å²) in [6.45, 7) is 3.60. The van der Waals surface area contributed by atoms with E-state index in [2.05, 4.69) is 5.32 Å². The molecule has 1 aliphatic heterocycles. The second kappa shape index (κ2) is 5.27. The van der Waals surface area contributed by atoms with E-state index in [1.165, 1.54) is 12.1 Å². The Labute approximate surface area is 101 Å². The van der Waals surface area contributed by atoms with E-state index in [1.807, 2.05) is 6.92 Å². The first kappa shape index (κ1) is 12.0. The fourth-order valence-corrected chi connectivity index (χ4v) is 2.05. The highest BCUT2D eigenvalue weighted by molar-refractivity contribution is 5.93. The predicted molar refractivity (Wildman–Crippen MR) is 65.5 cm³/mol. The summed E-state index contributed by atoms with van der Waals surface area (Å²) in [5.41, 5.74) is 0.783. The van der Waals surface area contributed by atoms with Gasteiger partial charge in [-0.15, -0.1) is 0 Å². The van der Waals surface area contributed by atoms with Gasteiger partial charge in [-0.3, -0.25) is 4.79 Å². The molecule has 0 aliphatic carbocycles. The number of carbonyl (C=O) groups excluding carboxylic acids is 1. The van der Waals surface area contributed by atoms with Crippen LogP contribution >= 0.6 is 0 Å². The third kappa shape index (κ3) is 3.03. The Balaban J connectivity index is 2.16. The maximum atomic E-state index is 12.8. The summed E-state index contributed by atoms with van der Waals surface area (Å²) in [6, 6.07) is 6.30. The Kier molecular flexibility index (Phi) is 3.74. The lowest BCUT2D eigenvalue weighted by molar-refractivity contribution is -0.119. The van der Waals surface area contributed by atoms with Crippen LogP contribution in [0.25, 0.3) is 0 Å². The Bertz CT molecular complexity index is 391. The zero-order chi connectivity index (χ0) is 12.3. The molecule has 17 heavy (non-hydrogen) atoms. The molecule has 0 saturated carbocycles. The van der Waals surface area contributed by atoms with Crippen LogP contribution in [-0.4, -0.2) is 25.0 Å². The van der Waals surface area contributed by atoms with Crippen LogP contribution < -0.4 is 10.2 Å². The number of benzene rings is 1. The van der Waals surface area contributed by atoms with E-state index in [1.54, 1.807) is 17.0 Å². The molecule has 1 aliphatic rings. The third-order valence-electron chi connectivity index (χ3n) is 2.97. The largest absolute Gasteiger partial charge is 0.314 e. The molecule has 1 heterocycles. The van der Waals surface area contributed by atoms with Gasteiger partial charge in [0.15, 0.2) is 0 Å². The molecule has 3 nitrogen and oxygen atoms in total. The zero-order valence-corrected chi connectivity index (χ0v) is 9.95. The molecule has 1 aromatic carbocycles. The Morgan fingerprint density at radius 2 is 2.06 bits per heavy atom. The molecule has 0 spiro atoms. The first-order valence-corrected chi connectivity index (χ1v) is 5.96. The summed E-state index contributed by atoms with van der Waals surface area (Å²) < 4.78 is 12.8. The van der Waals surface area contributed by atoms with Gasteiger partial charge in [0.05, 0.1) is 0 Å². The Hall–Kier alpha value is -1.42. The van der Waals surface area contributed by atoms with E-state index in [0.717, 1.165) is 18.7 Å². The van der Waals surface area contributed by atoms with Crippen LogP contribution in [0, 0.1) is 5.82 Å². The van der Waals surface area contributed by atoms with E-state index < -0.39 is 0 Å². The summed E-state index contributed by atoms with van der Waals surface area (Å²) in [5, 5.41) is 3.29. The van der Waals surface area contributed by atoms with Crippen molar-refractivity contribution in [3.05, 3.63) is 30.1 Å². The van der Waals surface area contributed by atoms with Crippen LogP contribution in [0.1, 0.15) is 19.8 Å². The van der Waals surface area contributed by atoms with Crippen LogP contribution in [0.2, 0.25) is 0 Å². The lowest BCUT2D eigenvalue weighted by Crippen LogP contribution is -2.42. The molecule has 1 amide bonds. The maximum Gasteiger partial charge on any atom is 0.228 e. The monoisotopic (exact) mass is 236 g/mol. The van der Waals surface area contributed by atoms with Crippen molar-refractivity contribution in [2.24, 2.45) is 0 Å². The molecule has 1 unspecified atom stereocenters. The minimum atomic E-state index is -0.275. The molecular weight excluding hydrogens is 219 g/mol. The Morgan fingerprint density at radius 1 is 1.35 bits per heavy atom. The summed E-state index contributed by atoms with van der Waals surface area (Å²) in [4.78, 5) is 13.8. The quantitative estimate of drug-likeness (QED) is 0.808. The first-order valence-electron chi connectivity index (χ1n) is 5.96. The molecule has 2 rings (SSSR count). The molecule has 1 atom stereocenters. The minimum absolute atomic E-state index is 0.0938. The van der Waals surface area contributed by atoms with Crippen molar-refractivity contribution in [1.29, 1.82) is 0 Å². The van der Waals surface area contributed by atoms with Crippen molar-refractivity contribution in [2.45, 2.75) is 25.8 Å². The molecule has 0 aromatic heterocycles. The minimum Gasteiger partial charge on any atom is -0.314 e. The predicted octanol–water partition coefficient (Wildman–Crippen LogP) is 1.93. The van der Waals surface area contributed by atoms with Crippen LogP contribution in [0.3, 0.4) is 0 Å². The highest BCUT2D eigenvalue weighted by Gasteiger charge is 2.20. The van der Waals surface area contributed by atoms with Crippen LogP contribution in [0.4, 0.5) is 10.1 Å². The second-order valence-electron chi connectivity index (χ2n) is 4.43. The SMILES string of the molecule is CC1CC(=O)N(c2ccc(F)cc2)CCCN1. The van der Waals surface area contributed by atoms with Gasteiger partial charge in [0.1, 0.15) is 5.82 Å². The van der Waals surface area contributed by atoms with E-state index in [9.17, 15) is 9.18 Å². The van der Waals surface area contributed by atoms with Gasteiger partial charge in [0.25, 0.3) is 0 Å². The van der Waals surface area contributed by atoms with Crippen LogP contribution in [-0.2, 0) is 4.79 Å². The summed E-state index contributed by atoms with van der Waals surface area (Å²) in [5.74, 6) is -0.181. The lowest BCUT2D eigenvalue weighted by Gasteiger charge is -2.27. The summed E-state index contributed by atoms with van der Waals surface area (Å²) in [6.07, 6.45) is 1.39. The number of hydrogen-bond donors (Lipinski definition) is 1. The Morgan fingerprint density at radius 3 is 2.76 bits per heavy atom. The molecule has 4 heteroatoms. The number of nitrogens with zero attached hydrogens (tertiary/aromatic N) is 1. The van der Waals surface area contributed by atoms with Crippen molar-refractivity contribution >= 4 is 11.6 Å². The van der Waals surface area contributed by atoms with Gasteiger partial charge in [-0.2, -0.15) is 0 Å². The number of nitrogens with one attached hydrogen (secondary N) is 1. The summed E-state index contributed by atoms with van der Waals surface area (Å²) >= 11 is 0. The normalized spacial score (nSPS) is 22.1. The van der Waals surface area contributed by atoms with Gasteiger partial charge in [-0.25, -0.2) is 4.39 Å². The van der Waals surface area contributed by atoms with Gasteiger partial charge in [-0.1, -0.05) is 0 Å². The number of amides is 1. The van der Waals surface area contributed by atoms with Crippen molar-refractivity contribution in [1.82, 2.24) is 5.32 Å². The average Bonchev–Trinajstić information content (AvgIpc) is 2.28. The number of halogens is 1. The fourth-order valence-electron chi connectivity index (χ4n) is 2.05. The van der Waals surface area contributed by atoms with Gasteiger partial charge < -0.3 is 10.2 Å². The van der Waals surface area contributed by atoms with E-state index >= 15 is 0 Å². The topological polar surface area (TPSA) is 32.3 Å². The highest BCUT2D eigenvalue weighted by atomic mass is 19.1. The number of hydrogen-bond acceptors (Lipinski definition) is 2. The van der Waals surface area contributed by atoms with E-state index in [-0.39, 0.29) is 17.8 Å². The first-order chi connectivity index (χ1) is 8.16. The van der Waals surface area contributed by atoms with Crippen molar-refractivity contribution in [2.75, 3.05) is 18.0 Å². The lowest BCUT2D eigenvalue weighted by atomic mass is 10.1. The molecular formula is C13H17FN2O. The zero-order valence-electron chi connectivity index (χ0n) is 9.95. The van der Waals surface area contributed by atoms with Gasteiger partial charge in [0, 0.05) is 24.7 Å². The van der Waals surface area contributed by atoms with Crippen molar-refractivity contribution in [3.63, 3.8) is 0 Å². The molecule has 1 fully saturated rings. The van der Waals surface area contributed by atoms with Crippen molar-refractivity contribution < 1.29 is 9.18 Å². The third-order valence-corrected chi connectivity index (χ3v) is 2.97. The molecule has 92 valence electrons. The number of anilines is 1. The number of rotatable bonds is 1. The van der Waals surface area contributed by atoms with E-state index in [0.29, 0.717) is 13.0 Å². The molecule has 1 aromatic rings. The summed E-state index contributed by atoms with van der Waals surface area (Å²) in [7, 11) is 0. The highest BCUT2D eigenvalue weighted by Crippen LogP contribution is 2.17. The molecule has 1 N–H and O–H groups in total. The average molecular weight is 236 g/mol. The van der Waals surface area contributed by atoms with Crippen molar-refractivity contribution in [3.8, 4) is 0 Å². The molecule has 0 bridgehead atoms. The van der Waals surface area contributed by atoms with E-state index in [4.69, 9.17) is 0 Å². The van der Waals surface area contributed by atoms with Gasteiger partial charge in [-0.05, 0) is 44.2 Å². The molecule has 1 saturated heterocycles. The van der Waals surface area contributed by atoms with Crippen LogP contribution in [0.5, 0.6) is 0 Å². The van der Waals surface area contributed by atoms with Gasteiger partial charge >= 0.3 is 0 Å². The number of carbonyl (C=O) groups is 1. The van der Waals surface area contributed by atoms with Gasteiger partial charge in [0.2, 0.25) is 5.91 Å². The smallest absolute Gasteiger partial charge is 0.228 e. The standard InChI is InChI=1S/C13H17FN2O/c1-10-9-13(17)16(8-2-7-15-10)12-5-3-11(14)4-6-12/h3-6,10,15H,2,7-9H2,1H3.